The van der Waals surface area contributed by atoms with E-state index in [1.54, 1.807) is 34.1 Å². The molecular weight excluding hydrogens is 506 g/mol. The zero-order chi connectivity index (χ0) is 27.2. The standard InChI is InChI=1S/C29H24F2N4O4/c30-22-4-8-24(9-5-22)38-26-12-2-20(18-32-26)28(36)34-14-1-15-35(17-16-34)29(37)21-3-13-27(33-19-21)39-25-10-6-23(31)7-11-25/h2-13,18-19H,1,14-17H2. The molecule has 2 aromatic carbocycles. The van der Waals surface area contributed by atoms with Crippen LogP contribution in [0.2, 0.25) is 0 Å². The van der Waals surface area contributed by atoms with Crippen molar-refractivity contribution in [3.05, 3.63) is 108 Å². The van der Waals surface area contributed by atoms with Crippen molar-refractivity contribution in [1.29, 1.82) is 0 Å². The maximum Gasteiger partial charge on any atom is 0.255 e. The topological polar surface area (TPSA) is 84.9 Å². The highest BCUT2D eigenvalue weighted by atomic mass is 19.1. The van der Waals surface area contributed by atoms with Crippen LogP contribution >= 0.6 is 0 Å². The highest BCUT2D eigenvalue weighted by Crippen LogP contribution is 2.22. The first kappa shape index (κ1) is 25.8. The van der Waals surface area contributed by atoms with Gasteiger partial charge in [-0.25, -0.2) is 18.7 Å². The highest BCUT2D eigenvalue weighted by Gasteiger charge is 2.24. The number of pyridine rings is 2. The quantitative estimate of drug-likeness (QED) is 0.335. The van der Waals surface area contributed by atoms with Gasteiger partial charge in [0.2, 0.25) is 11.8 Å². The van der Waals surface area contributed by atoms with E-state index < -0.39 is 0 Å². The smallest absolute Gasteiger partial charge is 0.255 e. The molecule has 1 saturated heterocycles. The number of carbonyl (C=O) groups excluding carboxylic acids is 2. The molecule has 0 N–H and O–H groups in total. The maximum absolute atomic E-state index is 13.1. The van der Waals surface area contributed by atoms with Crippen LogP contribution < -0.4 is 9.47 Å². The molecule has 8 nitrogen and oxygen atoms in total. The second kappa shape index (κ2) is 11.7. The van der Waals surface area contributed by atoms with E-state index in [2.05, 4.69) is 9.97 Å². The van der Waals surface area contributed by atoms with Crippen molar-refractivity contribution in [2.45, 2.75) is 6.42 Å². The number of ether oxygens (including phenoxy) is 2. The van der Waals surface area contributed by atoms with Crippen molar-refractivity contribution in [2.75, 3.05) is 26.2 Å². The summed E-state index contributed by atoms with van der Waals surface area (Å²) in [6, 6.07) is 17.5. The minimum Gasteiger partial charge on any atom is -0.439 e. The van der Waals surface area contributed by atoms with Gasteiger partial charge >= 0.3 is 0 Å². The molecule has 2 amide bonds. The van der Waals surface area contributed by atoms with Gasteiger partial charge in [-0.15, -0.1) is 0 Å². The Balaban J connectivity index is 1.15. The predicted molar refractivity (Wildman–Crippen MR) is 138 cm³/mol. The van der Waals surface area contributed by atoms with E-state index in [0.29, 0.717) is 55.2 Å². The summed E-state index contributed by atoms with van der Waals surface area (Å²) < 4.78 is 37.3. The third kappa shape index (κ3) is 6.53. The lowest BCUT2D eigenvalue weighted by atomic mass is 10.2. The first-order valence-electron chi connectivity index (χ1n) is 12.3. The molecule has 0 bridgehead atoms. The number of nitrogens with zero attached hydrogens (tertiary/aromatic N) is 4. The number of rotatable bonds is 6. The van der Waals surface area contributed by atoms with E-state index in [9.17, 15) is 18.4 Å². The van der Waals surface area contributed by atoms with E-state index in [1.165, 1.54) is 60.9 Å². The predicted octanol–water partition coefficient (Wildman–Crippen LogP) is 5.33. The van der Waals surface area contributed by atoms with Crippen LogP contribution in [0, 0.1) is 11.6 Å². The molecule has 5 rings (SSSR count). The summed E-state index contributed by atoms with van der Waals surface area (Å²) in [4.78, 5) is 37.9. The molecular formula is C29H24F2N4O4. The third-order valence-corrected chi connectivity index (χ3v) is 6.11. The minimum absolute atomic E-state index is 0.186. The lowest BCUT2D eigenvalue weighted by molar-refractivity contribution is 0.0718. The van der Waals surface area contributed by atoms with Gasteiger partial charge in [-0.2, -0.15) is 0 Å². The normalized spacial score (nSPS) is 13.5. The van der Waals surface area contributed by atoms with Crippen LogP contribution in [0.25, 0.3) is 0 Å². The zero-order valence-electron chi connectivity index (χ0n) is 20.8. The molecule has 1 aliphatic heterocycles. The Morgan fingerprint density at radius 2 is 1.00 bits per heavy atom. The van der Waals surface area contributed by atoms with E-state index in [-0.39, 0.29) is 35.2 Å². The fraction of sp³-hybridized carbons (Fsp3) is 0.172. The van der Waals surface area contributed by atoms with Gasteiger partial charge in [0.15, 0.2) is 0 Å². The Kier molecular flexibility index (Phi) is 7.72. The minimum atomic E-state index is -0.364. The van der Waals surface area contributed by atoms with Crippen LogP contribution in [0.15, 0.2) is 85.2 Å². The Bertz CT molecular complexity index is 1320. The highest BCUT2D eigenvalue weighted by molar-refractivity contribution is 5.95. The van der Waals surface area contributed by atoms with Crippen LogP contribution in [0.4, 0.5) is 8.78 Å². The Morgan fingerprint density at radius 3 is 1.36 bits per heavy atom. The molecule has 0 spiro atoms. The van der Waals surface area contributed by atoms with Gasteiger partial charge in [0.05, 0.1) is 11.1 Å². The molecule has 10 heteroatoms. The summed E-state index contributed by atoms with van der Waals surface area (Å²) in [7, 11) is 0. The van der Waals surface area contributed by atoms with E-state index in [1.807, 2.05) is 0 Å². The third-order valence-electron chi connectivity index (χ3n) is 6.11. The first-order valence-corrected chi connectivity index (χ1v) is 12.3. The Labute approximate surface area is 223 Å². The van der Waals surface area contributed by atoms with Crippen LogP contribution in [0.3, 0.4) is 0 Å². The van der Waals surface area contributed by atoms with Gasteiger partial charge in [-0.3, -0.25) is 9.59 Å². The summed E-state index contributed by atoms with van der Waals surface area (Å²) in [5.74, 6) is 0.342. The Hall–Kier alpha value is -4.86. The number of hydrogen-bond donors (Lipinski definition) is 0. The maximum atomic E-state index is 13.1. The van der Waals surface area contributed by atoms with Crippen LogP contribution in [0.1, 0.15) is 27.1 Å². The summed E-state index contributed by atoms with van der Waals surface area (Å²) in [6.45, 7) is 1.74. The van der Waals surface area contributed by atoms with Crippen LogP contribution in [-0.2, 0) is 0 Å². The fourth-order valence-corrected chi connectivity index (χ4v) is 4.07. The van der Waals surface area contributed by atoms with Crippen molar-refractivity contribution in [3.63, 3.8) is 0 Å². The Morgan fingerprint density at radius 1 is 0.590 bits per heavy atom. The lowest BCUT2D eigenvalue weighted by Gasteiger charge is -2.22. The monoisotopic (exact) mass is 530 g/mol. The van der Waals surface area contributed by atoms with Crippen molar-refractivity contribution in [1.82, 2.24) is 19.8 Å². The second-order valence-corrected chi connectivity index (χ2v) is 8.82. The van der Waals surface area contributed by atoms with E-state index >= 15 is 0 Å². The number of carbonyl (C=O) groups is 2. The van der Waals surface area contributed by atoms with Gasteiger partial charge < -0.3 is 19.3 Å². The number of aromatic nitrogens is 2. The lowest BCUT2D eigenvalue weighted by Crippen LogP contribution is -2.37. The molecule has 0 saturated carbocycles. The van der Waals surface area contributed by atoms with E-state index in [4.69, 9.17) is 9.47 Å². The molecule has 2 aromatic heterocycles. The fourth-order valence-electron chi connectivity index (χ4n) is 4.07. The largest absolute Gasteiger partial charge is 0.439 e. The second-order valence-electron chi connectivity index (χ2n) is 8.82. The molecule has 3 heterocycles. The summed E-state index contributed by atoms with van der Waals surface area (Å²) in [5, 5.41) is 0. The van der Waals surface area contributed by atoms with Gasteiger partial charge in [-0.1, -0.05) is 0 Å². The van der Waals surface area contributed by atoms with Gasteiger partial charge in [0.25, 0.3) is 11.8 Å². The molecule has 1 fully saturated rings. The van der Waals surface area contributed by atoms with Crippen molar-refractivity contribution < 1.29 is 27.8 Å². The van der Waals surface area contributed by atoms with Gasteiger partial charge in [0, 0.05) is 50.7 Å². The summed E-state index contributed by atoms with van der Waals surface area (Å²) in [6.07, 6.45) is 3.50. The molecule has 39 heavy (non-hydrogen) atoms. The number of benzene rings is 2. The molecule has 1 aliphatic rings. The summed E-state index contributed by atoms with van der Waals surface area (Å²) >= 11 is 0. The molecule has 198 valence electrons. The molecule has 0 radical (unpaired) electrons. The average molecular weight is 531 g/mol. The van der Waals surface area contributed by atoms with E-state index in [0.717, 1.165) is 0 Å². The van der Waals surface area contributed by atoms with Crippen LogP contribution in [-0.4, -0.2) is 57.8 Å². The van der Waals surface area contributed by atoms with Gasteiger partial charge in [0.1, 0.15) is 23.1 Å². The number of amides is 2. The molecule has 4 aromatic rings. The number of halogens is 2. The number of hydrogen-bond acceptors (Lipinski definition) is 6. The van der Waals surface area contributed by atoms with Crippen LogP contribution in [0.5, 0.6) is 23.3 Å². The molecule has 0 aliphatic carbocycles. The summed E-state index contributed by atoms with van der Waals surface area (Å²) in [5.41, 5.74) is 0.810. The first-order chi connectivity index (χ1) is 18.9. The molecule has 0 unspecified atom stereocenters. The van der Waals surface area contributed by atoms with Crippen molar-refractivity contribution in [3.8, 4) is 23.3 Å². The van der Waals surface area contributed by atoms with Crippen molar-refractivity contribution in [2.24, 2.45) is 0 Å². The SMILES string of the molecule is O=C(c1ccc(Oc2ccc(F)cc2)nc1)N1CCCN(C(=O)c2ccc(Oc3ccc(F)cc3)nc2)CC1. The zero-order valence-corrected chi connectivity index (χ0v) is 20.8. The average Bonchev–Trinajstić information content (AvgIpc) is 3.22. The molecule has 0 atom stereocenters. The van der Waals surface area contributed by atoms with Crippen molar-refractivity contribution >= 4 is 11.8 Å². The van der Waals surface area contributed by atoms with Gasteiger partial charge in [-0.05, 0) is 67.1 Å².